The first-order chi connectivity index (χ1) is 9.72. The maximum Gasteiger partial charge on any atom is 0.191 e. The van der Waals surface area contributed by atoms with Crippen LogP contribution >= 0.6 is 0 Å². The number of aliphatic imine (C=N–C) groups is 1. The molecule has 0 amide bonds. The monoisotopic (exact) mass is 277 g/mol. The number of rotatable bonds is 8. The van der Waals surface area contributed by atoms with Crippen molar-refractivity contribution in [3.8, 4) is 0 Å². The van der Waals surface area contributed by atoms with Gasteiger partial charge in [0.25, 0.3) is 0 Å². The highest BCUT2D eigenvalue weighted by atomic mass is 16.5. The molecule has 1 aromatic carbocycles. The molecule has 0 aromatic heterocycles. The summed E-state index contributed by atoms with van der Waals surface area (Å²) in [5.74, 6) is 0.866. The number of unbranched alkanes of at least 4 members (excludes halogenated alkanes) is 1. The van der Waals surface area contributed by atoms with Crippen LogP contribution in [-0.2, 0) is 11.3 Å². The summed E-state index contributed by atoms with van der Waals surface area (Å²) >= 11 is 0. The summed E-state index contributed by atoms with van der Waals surface area (Å²) in [7, 11) is 1.79. The van der Waals surface area contributed by atoms with Crippen molar-refractivity contribution in [2.24, 2.45) is 4.99 Å². The second-order valence-corrected chi connectivity index (χ2v) is 5.04. The van der Waals surface area contributed by atoms with Gasteiger partial charge in [-0.15, -0.1) is 0 Å². The molecule has 0 atom stereocenters. The van der Waals surface area contributed by atoms with Crippen molar-refractivity contribution >= 4 is 5.96 Å². The van der Waals surface area contributed by atoms with E-state index in [1.807, 2.05) is 18.2 Å². The highest BCUT2D eigenvalue weighted by Crippen LogP contribution is 2.01. The maximum atomic E-state index is 5.64. The minimum absolute atomic E-state index is 0.399. The van der Waals surface area contributed by atoms with Gasteiger partial charge in [-0.2, -0.15) is 0 Å². The van der Waals surface area contributed by atoms with Crippen LogP contribution in [0, 0.1) is 0 Å². The van der Waals surface area contributed by atoms with Crippen molar-refractivity contribution in [3.05, 3.63) is 35.9 Å². The number of guanidine groups is 1. The van der Waals surface area contributed by atoms with Crippen LogP contribution in [0.3, 0.4) is 0 Å². The minimum atomic E-state index is 0.399. The van der Waals surface area contributed by atoms with Crippen molar-refractivity contribution < 1.29 is 4.74 Å². The fraction of sp³-hybridized carbons (Fsp3) is 0.562. The summed E-state index contributed by atoms with van der Waals surface area (Å²) in [6, 6.07) is 10.7. The lowest BCUT2D eigenvalue weighted by Crippen LogP contribution is -2.41. The molecule has 20 heavy (non-hydrogen) atoms. The van der Waals surface area contributed by atoms with E-state index < -0.39 is 0 Å². The smallest absolute Gasteiger partial charge is 0.191 e. The minimum Gasteiger partial charge on any atom is -0.377 e. The summed E-state index contributed by atoms with van der Waals surface area (Å²) in [5, 5.41) is 6.55. The average molecular weight is 277 g/mol. The van der Waals surface area contributed by atoms with Crippen LogP contribution in [0.25, 0.3) is 0 Å². The molecular formula is C16H27N3O. The Bertz CT molecular complexity index is 377. The molecule has 1 aromatic rings. The Hall–Kier alpha value is -1.55. The molecule has 0 radical (unpaired) electrons. The molecule has 0 aliphatic heterocycles. The van der Waals surface area contributed by atoms with Crippen LogP contribution in [0.4, 0.5) is 0 Å². The third-order valence-corrected chi connectivity index (χ3v) is 2.77. The molecular weight excluding hydrogens is 250 g/mol. The summed E-state index contributed by atoms with van der Waals surface area (Å²) in [6.07, 6.45) is 2.13. The third kappa shape index (κ3) is 7.79. The van der Waals surface area contributed by atoms with Crippen molar-refractivity contribution in [2.45, 2.75) is 39.3 Å². The van der Waals surface area contributed by atoms with E-state index in [9.17, 15) is 0 Å². The van der Waals surface area contributed by atoms with E-state index in [-0.39, 0.29) is 0 Å². The molecule has 0 unspecified atom stereocenters. The lowest BCUT2D eigenvalue weighted by Gasteiger charge is -2.14. The second kappa shape index (κ2) is 10.3. The van der Waals surface area contributed by atoms with E-state index in [1.54, 1.807) is 7.05 Å². The molecule has 1 rings (SSSR count). The van der Waals surface area contributed by atoms with Gasteiger partial charge in [-0.3, -0.25) is 4.99 Å². The highest BCUT2D eigenvalue weighted by molar-refractivity contribution is 5.79. The molecule has 0 saturated carbocycles. The Morgan fingerprint density at radius 2 is 1.95 bits per heavy atom. The van der Waals surface area contributed by atoms with Gasteiger partial charge >= 0.3 is 0 Å². The van der Waals surface area contributed by atoms with E-state index in [0.717, 1.165) is 32.0 Å². The van der Waals surface area contributed by atoms with Gasteiger partial charge < -0.3 is 15.4 Å². The van der Waals surface area contributed by atoms with Gasteiger partial charge in [0.15, 0.2) is 5.96 Å². The molecule has 0 aliphatic carbocycles. The number of hydrogen-bond acceptors (Lipinski definition) is 2. The molecule has 0 fully saturated rings. The van der Waals surface area contributed by atoms with Crippen LogP contribution in [0.15, 0.2) is 35.3 Å². The van der Waals surface area contributed by atoms with E-state index in [4.69, 9.17) is 4.74 Å². The standard InChI is InChI=1S/C16H27N3O/c1-14(2)19-16(17-3)18-11-7-8-12-20-13-15-9-5-4-6-10-15/h4-6,9-10,14H,7-8,11-13H2,1-3H3,(H2,17,18,19). The molecule has 0 bridgehead atoms. The van der Waals surface area contributed by atoms with Gasteiger partial charge in [0.1, 0.15) is 0 Å². The van der Waals surface area contributed by atoms with Crippen LogP contribution < -0.4 is 10.6 Å². The predicted octanol–water partition coefficient (Wildman–Crippen LogP) is 2.56. The molecule has 0 heterocycles. The Labute approximate surface area is 122 Å². The van der Waals surface area contributed by atoms with Gasteiger partial charge in [0.05, 0.1) is 6.61 Å². The Morgan fingerprint density at radius 1 is 1.20 bits per heavy atom. The topological polar surface area (TPSA) is 45.7 Å². The van der Waals surface area contributed by atoms with Crippen molar-refractivity contribution in [1.82, 2.24) is 10.6 Å². The largest absolute Gasteiger partial charge is 0.377 e. The fourth-order valence-corrected chi connectivity index (χ4v) is 1.77. The zero-order valence-electron chi connectivity index (χ0n) is 12.9. The van der Waals surface area contributed by atoms with Crippen molar-refractivity contribution in [1.29, 1.82) is 0 Å². The number of ether oxygens (including phenoxy) is 1. The summed E-state index contributed by atoms with van der Waals surface area (Å²) < 4.78 is 5.64. The van der Waals surface area contributed by atoms with Gasteiger partial charge in [0, 0.05) is 26.2 Å². The number of hydrogen-bond donors (Lipinski definition) is 2. The molecule has 4 nitrogen and oxygen atoms in total. The average Bonchev–Trinajstić information content (AvgIpc) is 2.45. The van der Waals surface area contributed by atoms with E-state index in [2.05, 4.69) is 41.6 Å². The summed E-state index contributed by atoms with van der Waals surface area (Å²) in [5.41, 5.74) is 1.23. The number of nitrogens with zero attached hydrogens (tertiary/aromatic N) is 1. The van der Waals surface area contributed by atoms with Gasteiger partial charge in [-0.05, 0) is 32.3 Å². The summed E-state index contributed by atoms with van der Waals surface area (Å²) in [4.78, 5) is 4.17. The number of nitrogens with one attached hydrogen (secondary N) is 2. The van der Waals surface area contributed by atoms with Crippen molar-refractivity contribution in [3.63, 3.8) is 0 Å². The third-order valence-electron chi connectivity index (χ3n) is 2.77. The molecule has 2 N–H and O–H groups in total. The number of benzene rings is 1. The van der Waals surface area contributed by atoms with E-state index >= 15 is 0 Å². The van der Waals surface area contributed by atoms with E-state index in [1.165, 1.54) is 5.56 Å². The lowest BCUT2D eigenvalue weighted by molar-refractivity contribution is 0.117. The van der Waals surface area contributed by atoms with Crippen LogP contribution in [0.2, 0.25) is 0 Å². The maximum absolute atomic E-state index is 5.64. The van der Waals surface area contributed by atoms with Gasteiger partial charge in [0.2, 0.25) is 0 Å². The van der Waals surface area contributed by atoms with Crippen LogP contribution in [-0.4, -0.2) is 32.2 Å². The highest BCUT2D eigenvalue weighted by Gasteiger charge is 1.98. The van der Waals surface area contributed by atoms with Gasteiger partial charge in [-0.1, -0.05) is 30.3 Å². The van der Waals surface area contributed by atoms with E-state index in [0.29, 0.717) is 12.6 Å². The zero-order chi connectivity index (χ0) is 14.6. The zero-order valence-corrected chi connectivity index (χ0v) is 12.9. The van der Waals surface area contributed by atoms with Crippen molar-refractivity contribution in [2.75, 3.05) is 20.2 Å². The molecule has 0 spiro atoms. The van der Waals surface area contributed by atoms with Crippen LogP contribution in [0.1, 0.15) is 32.3 Å². The SMILES string of the molecule is CN=C(NCCCCOCc1ccccc1)NC(C)C. The second-order valence-electron chi connectivity index (χ2n) is 5.04. The molecule has 112 valence electrons. The summed E-state index contributed by atoms with van der Waals surface area (Å²) in [6.45, 7) is 6.62. The fourth-order valence-electron chi connectivity index (χ4n) is 1.77. The quantitative estimate of drug-likeness (QED) is 0.436. The normalized spacial score (nSPS) is 11.7. The first kappa shape index (κ1) is 16.5. The first-order valence-corrected chi connectivity index (χ1v) is 7.31. The van der Waals surface area contributed by atoms with Crippen LogP contribution in [0.5, 0.6) is 0 Å². The predicted molar refractivity (Wildman–Crippen MR) is 85.0 cm³/mol. The Balaban J connectivity index is 1.99. The first-order valence-electron chi connectivity index (χ1n) is 7.31. The molecule has 0 aliphatic rings. The Kier molecular flexibility index (Phi) is 8.47. The lowest BCUT2D eigenvalue weighted by atomic mass is 10.2. The Morgan fingerprint density at radius 3 is 2.60 bits per heavy atom. The van der Waals surface area contributed by atoms with Gasteiger partial charge in [-0.25, -0.2) is 0 Å². The molecule has 0 saturated heterocycles. The molecule has 4 heteroatoms.